The van der Waals surface area contributed by atoms with Crippen LogP contribution in [0.5, 0.6) is 11.5 Å². The summed E-state index contributed by atoms with van der Waals surface area (Å²) in [6, 6.07) is 16.9. The third-order valence-corrected chi connectivity index (χ3v) is 4.84. The van der Waals surface area contributed by atoms with Crippen molar-refractivity contribution in [3.05, 3.63) is 60.3 Å². The standard InChI is InChI=1S/C20H22N2O/c1-22-11-5-6-16(22)12-15-14-21-20-10-9-18(13-19(15)20)23-17-7-3-2-4-8-17/h2-4,7-10,13-14,16,21H,5-6,11-12H2,1H3/t16-/m1/s1. The van der Waals surface area contributed by atoms with E-state index in [9.17, 15) is 0 Å². The van der Waals surface area contributed by atoms with Crippen LogP contribution in [-0.2, 0) is 6.42 Å². The molecule has 1 atom stereocenters. The number of nitrogens with one attached hydrogen (secondary N) is 1. The fraction of sp³-hybridized carbons (Fsp3) is 0.300. The first-order valence-electron chi connectivity index (χ1n) is 8.33. The minimum atomic E-state index is 0.660. The summed E-state index contributed by atoms with van der Waals surface area (Å²) in [5.41, 5.74) is 2.57. The van der Waals surface area contributed by atoms with Crippen LogP contribution in [-0.4, -0.2) is 29.5 Å². The van der Waals surface area contributed by atoms with Gasteiger partial charge in [0, 0.05) is 23.1 Å². The molecule has 0 saturated carbocycles. The highest BCUT2D eigenvalue weighted by Crippen LogP contribution is 2.29. The van der Waals surface area contributed by atoms with Crippen LogP contribution >= 0.6 is 0 Å². The summed E-state index contributed by atoms with van der Waals surface area (Å²) in [6.07, 6.45) is 5.86. The van der Waals surface area contributed by atoms with Gasteiger partial charge in [-0.25, -0.2) is 0 Å². The molecule has 1 aliphatic rings. The second kappa shape index (κ2) is 6.09. The number of hydrogen-bond acceptors (Lipinski definition) is 2. The van der Waals surface area contributed by atoms with E-state index in [1.165, 1.54) is 35.9 Å². The average molecular weight is 306 g/mol. The maximum atomic E-state index is 5.98. The number of benzene rings is 2. The van der Waals surface area contributed by atoms with Crippen molar-refractivity contribution in [1.29, 1.82) is 0 Å². The molecule has 1 aliphatic heterocycles. The maximum absolute atomic E-state index is 5.98. The third kappa shape index (κ3) is 2.97. The van der Waals surface area contributed by atoms with Gasteiger partial charge in [-0.1, -0.05) is 18.2 Å². The van der Waals surface area contributed by atoms with Gasteiger partial charge in [-0.05, 0) is 68.8 Å². The molecular weight excluding hydrogens is 284 g/mol. The van der Waals surface area contributed by atoms with Crippen LogP contribution in [0.3, 0.4) is 0 Å². The predicted molar refractivity (Wildman–Crippen MR) is 94.2 cm³/mol. The third-order valence-electron chi connectivity index (χ3n) is 4.84. The first-order chi connectivity index (χ1) is 11.3. The fourth-order valence-corrected chi connectivity index (χ4v) is 3.51. The van der Waals surface area contributed by atoms with Crippen LogP contribution in [0.4, 0.5) is 0 Å². The molecule has 2 heterocycles. The number of ether oxygens (including phenoxy) is 1. The van der Waals surface area contributed by atoms with Crippen molar-refractivity contribution in [2.45, 2.75) is 25.3 Å². The topological polar surface area (TPSA) is 28.3 Å². The van der Waals surface area contributed by atoms with Crippen molar-refractivity contribution in [3.8, 4) is 11.5 Å². The highest BCUT2D eigenvalue weighted by molar-refractivity contribution is 5.84. The lowest BCUT2D eigenvalue weighted by Gasteiger charge is -2.18. The van der Waals surface area contributed by atoms with Gasteiger partial charge in [-0.2, -0.15) is 0 Å². The summed E-state index contributed by atoms with van der Waals surface area (Å²) in [6.45, 7) is 1.22. The number of nitrogens with zero attached hydrogens (tertiary/aromatic N) is 1. The van der Waals surface area contributed by atoms with Crippen molar-refractivity contribution >= 4 is 10.9 Å². The van der Waals surface area contributed by atoms with Crippen LogP contribution in [0.1, 0.15) is 18.4 Å². The highest BCUT2D eigenvalue weighted by Gasteiger charge is 2.22. The van der Waals surface area contributed by atoms with Crippen LogP contribution in [0.15, 0.2) is 54.7 Å². The lowest BCUT2D eigenvalue weighted by Crippen LogP contribution is -2.26. The number of likely N-dealkylation sites (N-methyl/N-ethyl adjacent to an activating group) is 1. The largest absolute Gasteiger partial charge is 0.457 e. The minimum Gasteiger partial charge on any atom is -0.457 e. The summed E-state index contributed by atoms with van der Waals surface area (Å²) >= 11 is 0. The Morgan fingerprint density at radius 2 is 2.00 bits per heavy atom. The Kier molecular flexibility index (Phi) is 3.80. The van der Waals surface area contributed by atoms with E-state index in [4.69, 9.17) is 4.74 Å². The quantitative estimate of drug-likeness (QED) is 0.763. The number of likely N-dealkylation sites (tertiary alicyclic amines) is 1. The first kappa shape index (κ1) is 14.3. The molecule has 3 aromatic rings. The van der Waals surface area contributed by atoms with E-state index in [-0.39, 0.29) is 0 Å². The maximum Gasteiger partial charge on any atom is 0.128 e. The number of fused-ring (bicyclic) bond motifs is 1. The Labute approximate surface area is 136 Å². The van der Waals surface area contributed by atoms with E-state index in [0.717, 1.165) is 17.9 Å². The normalized spacial score (nSPS) is 18.6. The molecule has 0 bridgehead atoms. The smallest absolute Gasteiger partial charge is 0.128 e. The Morgan fingerprint density at radius 1 is 1.13 bits per heavy atom. The molecule has 0 radical (unpaired) electrons. The van der Waals surface area contributed by atoms with E-state index in [1.54, 1.807) is 0 Å². The molecule has 0 spiro atoms. The lowest BCUT2D eigenvalue weighted by molar-refractivity contribution is 0.310. The summed E-state index contributed by atoms with van der Waals surface area (Å²) < 4.78 is 5.98. The lowest BCUT2D eigenvalue weighted by atomic mass is 10.0. The Morgan fingerprint density at radius 3 is 2.78 bits per heavy atom. The zero-order chi connectivity index (χ0) is 15.6. The van der Waals surface area contributed by atoms with Gasteiger partial charge >= 0.3 is 0 Å². The van der Waals surface area contributed by atoms with E-state index >= 15 is 0 Å². The minimum absolute atomic E-state index is 0.660. The van der Waals surface area contributed by atoms with Gasteiger partial charge in [0.25, 0.3) is 0 Å². The van der Waals surface area contributed by atoms with Crippen molar-refractivity contribution in [2.75, 3.05) is 13.6 Å². The summed E-state index contributed by atoms with van der Waals surface area (Å²) in [5, 5.41) is 1.28. The van der Waals surface area contributed by atoms with Crippen molar-refractivity contribution in [1.82, 2.24) is 9.88 Å². The van der Waals surface area contributed by atoms with Crippen molar-refractivity contribution in [3.63, 3.8) is 0 Å². The molecule has 118 valence electrons. The molecule has 4 rings (SSSR count). The number of para-hydroxylation sites is 1. The Hall–Kier alpha value is -2.26. The van der Waals surface area contributed by atoms with Crippen LogP contribution in [0.2, 0.25) is 0 Å². The molecule has 0 unspecified atom stereocenters. The fourth-order valence-electron chi connectivity index (χ4n) is 3.51. The monoisotopic (exact) mass is 306 g/mol. The molecule has 23 heavy (non-hydrogen) atoms. The zero-order valence-electron chi connectivity index (χ0n) is 13.5. The summed E-state index contributed by atoms with van der Waals surface area (Å²) in [4.78, 5) is 5.87. The molecule has 1 saturated heterocycles. The molecule has 1 N–H and O–H groups in total. The van der Waals surface area contributed by atoms with Gasteiger partial charge in [-0.3, -0.25) is 0 Å². The van der Waals surface area contributed by atoms with Crippen LogP contribution < -0.4 is 4.74 Å². The molecule has 1 fully saturated rings. The molecule has 1 aromatic heterocycles. The van der Waals surface area contributed by atoms with E-state index in [2.05, 4.69) is 35.3 Å². The Bertz CT molecular complexity index is 794. The SMILES string of the molecule is CN1CCC[C@@H]1Cc1c[nH]c2ccc(Oc3ccccc3)cc12. The number of rotatable bonds is 4. The van der Waals surface area contributed by atoms with Crippen molar-refractivity contribution in [2.24, 2.45) is 0 Å². The van der Waals surface area contributed by atoms with Gasteiger partial charge in [-0.15, -0.1) is 0 Å². The molecule has 0 aliphatic carbocycles. The molecule has 3 nitrogen and oxygen atoms in total. The van der Waals surface area contributed by atoms with Gasteiger partial charge in [0.05, 0.1) is 0 Å². The zero-order valence-corrected chi connectivity index (χ0v) is 13.5. The predicted octanol–water partition coefficient (Wildman–Crippen LogP) is 4.60. The molecule has 3 heteroatoms. The second-order valence-corrected chi connectivity index (χ2v) is 6.42. The van der Waals surface area contributed by atoms with Gasteiger partial charge in [0.1, 0.15) is 11.5 Å². The summed E-state index contributed by atoms with van der Waals surface area (Å²) in [5.74, 6) is 1.77. The van der Waals surface area contributed by atoms with E-state index < -0.39 is 0 Å². The molecular formula is C20H22N2O. The van der Waals surface area contributed by atoms with Gasteiger partial charge in [0.15, 0.2) is 0 Å². The van der Waals surface area contributed by atoms with Gasteiger partial charge in [0.2, 0.25) is 0 Å². The van der Waals surface area contributed by atoms with Crippen molar-refractivity contribution < 1.29 is 4.74 Å². The van der Waals surface area contributed by atoms with Crippen LogP contribution in [0, 0.1) is 0 Å². The van der Waals surface area contributed by atoms with E-state index in [1.807, 2.05) is 36.4 Å². The highest BCUT2D eigenvalue weighted by atomic mass is 16.5. The first-order valence-corrected chi connectivity index (χ1v) is 8.33. The number of H-pyrrole nitrogens is 1. The molecule has 2 aromatic carbocycles. The number of aromatic amines is 1. The Balaban J connectivity index is 1.61. The summed E-state index contributed by atoms with van der Waals surface area (Å²) in [7, 11) is 2.23. The average Bonchev–Trinajstić information content (AvgIpc) is 3.16. The van der Waals surface area contributed by atoms with Crippen LogP contribution in [0.25, 0.3) is 10.9 Å². The van der Waals surface area contributed by atoms with E-state index in [0.29, 0.717) is 6.04 Å². The van der Waals surface area contributed by atoms with Gasteiger partial charge < -0.3 is 14.6 Å². The molecule has 0 amide bonds. The number of hydrogen-bond donors (Lipinski definition) is 1. The second-order valence-electron chi connectivity index (χ2n) is 6.42. The number of aromatic nitrogens is 1.